The van der Waals surface area contributed by atoms with E-state index in [4.69, 9.17) is 0 Å². The van der Waals surface area contributed by atoms with Crippen molar-refractivity contribution in [2.24, 2.45) is 0 Å². The van der Waals surface area contributed by atoms with E-state index in [1.165, 1.54) is 11.3 Å². The summed E-state index contributed by atoms with van der Waals surface area (Å²) in [6.07, 6.45) is 8.43. The molecule has 1 aliphatic heterocycles. The Morgan fingerprint density at radius 2 is 2.28 bits per heavy atom. The van der Waals surface area contributed by atoms with Crippen molar-refractivity contribution in [3.05, 3.63) is 41.5 Å². The van der Waals surface area contributed by atoms with E-state index in [1.54, 1.807) is 0 Å². The highest BCUT2D eigenvalue weighted by Crippen LogP contribution is 2.23. The fourth-order valence-corrected chi connectivity index (χ4v) is 2.64. The quantitative estimate of drug-likeness (QED) is 0.782. The topological polar surface area (TPSA) is 41.1 Å². The van der Waals surface area contributed by atoms with Crippen LogP contribution < -0.4 is 10.6 Å². The van der Waals surface area contributed by atoms with Crippen molar-refractivity contribution >= 4 is 11.6 Å². The van der Waals surface area contributed by atoms with Crippen LogP contribution in [-0.4, -0.2) is 18.5 Å². The number of carbonyl (C=O) groups is 1. The van der Waals surface area contributed by atoms with Gasteiger partial charge < -0.3 is 10.6 Å². The molecule has 0 saturated heterocycles. The van der Waals surface area contributed by atoms with Gasteiger partial charge in [-0.15, -0.1) is 0 Å². The van der Waals surface area contributed by atoms with Gasteiger partial charge in [-0.3, -0.25) is 4.79 Å². The summed E-state index contributed by atoms with van der Waals surface area (Å²) in [6, 6.07) is 6.24. The second-order valence-corrected chi connectivity index (χ2v) is 5.00. The van der Waals surface area contributed by atoms with Crippen molar-refractivity contribution in [3.63, 3.8) is 0 Å². The lowest BCUT2D eigenvalue weighted by molar-refractivity contribution is 0.0934. The lowest BCUT2D eigenvalue weighted by Crippen LogP contribution is -2.35. The fourth-order valence-electron chi connectivity index (χ4n) is 2.64. The van der Waals surface area contributed by atoms with Gasteiger partial charge in [0, 0.05) is 23.8 Å². The zero-order valence-corrected chi connectivity index (χ0v) is 10.4. The number of allylic oxidation sites excluding steroid dienone is 1. The largest absolute Gasteiger partial charge is 0.384 e. The highest BCUT2D eigenvalue weighted by molar-refractivity contribution is 5.95. The highest BCUT2D eigenvalue weighted by atomic mass is 16.1. The van der Waals surface area contributed by atoms with Gasteiger partial charge in [0.05, 0.1) is 0 Å². The molecule has 3 nitrogen and oxygen atoms in total. The molecule has 0 bridgehead atoms. The zero-order valence-electron chi connectivity index (χ0n) is 10.4. The Morgan fingerprint density at radius 1 is 1.33 bits per heavy atom. The van der Waals surface area contributed by atoms with E-state index in [0.29, 0.717) is 6.04 Å². The van der Waals surface area contributed by atoms with Gasteiger partial charge in [0.2, 0.25) is 0 Å². The van der Waals surface area contributed by atoms with Crippen LogP contribution in [-0.2, 0) is 6.42 Å². The molecule has 2 N–H and O–H groups in total. The maximum Gasteiger partial charge on any atom is 0.251 e. The van der Waals surface area contributed by atoms with Gasteiger partial charge in [-0.25, -0.2) is 0 Å². The Bertz CT molecular complexity index is 493. The minimum atomic E-state index is 0.0602. The van der Waals surface area contributed by atoms with Gasteiger partial charge in [0.1, 0.15) is 0 Å². The lowest BCUT2D eigenvalue weighted by Gasteiger charge is -2.19. The third kappa shape index (κ3) is 2.26. The van der Waals surface area contributed by atoms with Crippen LogP contribution in [0.25, 0.3) is 0 Å². The first-order chi connectivity index (χ1) is 8.83. The molecule has 3 heteroatoms. The summed E-state index contributed by atoms with van der Waals surface area (Å²) >= 11 is 0. The van der Waals surface area contributed by atoms with Crippen LogP contribution in [0.3, 0.4) is 0 Å². The van der Waals surface area contributed by atoms with Gasteiger partial charge in [-0.2, -0.15) is 0 Å². The van der Waals surface area contributed by atoms with Gasteiger partial charge in [-0.1, -0.05) is 12.2 Å². The summed E-state index contributed by atoms with van der Waals surface area (Å²) in [6.45, 7) is 0.980. The molecule has 0 fully saturated rings. The summed E-state index contributed by atoms with van der Waals surface area (Å²) in [5.41, 5.74) is 3.21. The summed E-state index contributed by atoms with van der Waals surface area (Å²) in [5.74, 6) is 0.0602. The van der Waals surface area contributed by atoms with Crippen LogP contribution in [0.2, 0.25) is 0 Å². The number of anilines is 1. The molecule has 0 spiro atoms. The molecule has 1 atom stereocenters. The molecule has 1 aromatic rings. The smallest absolute Gasteiger partial charge is 0.251 e. The molecule has 94 valence electrons. The summed E-state index contributed by atoms with van der Waals surface area (Å²) in [4.78, 5) is 12.2. The van der Waals surface area contributed by atoms with Gasteiger partial charge in [0.25, 0.3) is 5.91 Å². The Morgan fingerprint density at radius 3 is 3.11 bits per heavy atom. The van der Waals surface area contributed by atoms with E-state index in [9.17, 15) is 4.79 Å². The first-order valence-corrected chi connectivity index (χ1v) is 6.65. The number of fused-ring (bicyclic) bond motifs is 1. The molecule has 0 aromatic heterocycles. The number of hydrogen-bond acceptors (Lipinski definition) is 2. The maximum atomic E-state index is 12.2. The fraction of sp³-hybridized carbons (Fsp3) is 0.400. The molecule has 0 saturated carbocycles. The maximum absolute atomic E-state index is 12.2. The summed E-state index contributed by atoms with van der Waals surface area (Å²) in [5, 5.41) is 6.42. The SMILES string of the molecule is O=C(NC1CC=CCC1)c1ccc2c(c1)CCN2. The van der Waals surface area contributed by atoms with Crippen LogP contribution in [0.4, 0.5) is 5.69 Å². The second-order valence-electron chi connectivity index (χ2n) is 5.00. The van der Waals surface area contributed by atoms with E-state index in [-0.39, 0.29) is 5.91 Å². The predicted molar refractivity (Wildman–Crippen MR) is 72.9 cm³/mol. The van der Waals surface area contributed by atoms with Crippen molar-refractivity contribution < 1.29 is 4.79 Å². The van der Waals surface area contributed by atoms with Crippen molar-refractivity contribution in [1.82, 2.24) is 5.32 Å². The molecule has 1 amide bonds. The van der Waals surface area contributed by atoms with E-state index in [2.05, 4.69) is 22.8 Å². The zero-order chi connectivity index (χ0) is 12.4. The number of amides is 1. The molecule has 1 unspecified atom stereocenters. The third-order valence-corrected chi connectivity index (χ3v) is 3.68. The van der Waals surface area contributed by atoms with Crippen LogP contribution in [0.15, 0.2) is 30.4 Å². The lowest BCUT2D eigenvalue weighted by atomic mass is 10.0. The summed E-state index contributed by atoms with van der Waals surface area (Å²) < 4.78 is 0. The molecule has 0 radical (unpaired) electrons. The predicted octanol–water partition coefficient (Wildman–Crippen LogP) is 2.49. The molecule has 1 aliphatic carbocycles. The number of nitrogens with one attached hydrogen (secondary N) is 2. The molecule has 3 rings (SSSR count). The number of benzene rings is 1. The standard InChI is InChI=1S/C15H18N2O/c18-15(17-13-4-2-1-3-5-13)12-6-7-14-11(10-12)8-9-16-14/h1-2,6-7,10,13,16H,3-5,8-9H2,(H,17,18). The molecule has 2 aliphatic rings. The Balaban J connectivity index is 1.70. The van der Waals surface area contributed by atoms with Crippen LogP contribution in [0, 0.1) is 0 Å². The Labute approximate surface area is 107 Å². The average molecular weight is 242 g/mol. The molecule has 1 aromatic carbocycles. The molecule has 18 heavy (non-hydrogen) atoms. The average Bonchev–Trinajstić information content (AvgIpc) is 2.87. The number of carbonyl (C=O) groups excluding carboxylic acids is 1. The normalized spacial score (nSPS) is 21.2. The highest BCUT2D eigenvalue weighted by Gasteiger charge is 2.16. The number of hydrogen-bond donors (Lipinski definition) is 2. The Kier molecular flexibility index (Phi) is 3.05. The minimum absolute atomic E-state index is 0.0602. The van der Waals surface area contributed by atoms with Gasteiger partial charge in [0.15, 0.2) is 0 Å². The number of rotatable bonds is 2. The van der Waals surface area contributed by atoms with E-state index < -0.39 is 0 Å². The van der Waals surface area contributed by atoms with E-state index in [0.717, 1.165) is 37.8 Å². The second kappa shape index (κ2) is 4.84. The first-order valence-electron chi connectivity index (χ1n) is 6.65. The first kappa shape index (κ1) is 11.3. The minimum Gasteiger partial charge on any atom is -0.384 e. The molecular formula is C15H18N2O. The van der Waals surface area contributed by atoms with Crippen molar-refractivity contribution in [1.29, 1.82) is 0 Å². The van der Waals surface area contributed by atoms with E-state index >= 15 is 0 Å². The van der Waals surface area contributed by atoms with Crippen molar-refractivity contribution in [2.45, 2.75) is 31.7 Å². The third-order valence-electron chi connectivity index (χ3n) is 3.68. The van der Waals surface area contributed by atoms with Crippen LogP contribution in [0.1, 0.15) is 35.2 Å². The summed E-state index contributed by atoms with van der Waals surface area (Å²) in [7, 11) is 0. The van der Waals surface area contributed by atoms with E-state index in [1.807, 2.05) is 18.2 Å². The van der Waals surface area contributed by atoms with Crippen LogP contribution >= 0.6 is 0 Å². The van der Waals surface area contributed by atoms with Crippen molar-refractivity contribution in [3.8, 4) is 0 Å². The van der Waals surface area contributed by atoms with Gasteiger partial charge in [-0.05, 0) is 49.4 Å². The molecular weight excluding hydrogens is 224 g/mol. The van der Waals surface area contributed by atoms with Crippen molar-refractivity contribution in [2.75, 3.05) is 11.9 Å². The monoisotopic (exact) mass is 242 g/mol. The Hall–Kier alpha value is -1.77. The molecule has 1 heterocycles. The van der Waals surface area contributed by atoms with Crippen LogP contribution in [0.5, 0.6) is 0 Å². The van der Waals surface area contributed by atoms with Gasteiger partial charge >= 0.3 is 0 Å².